The third-order valence-corrected chi connectivity index (χ3v) is 5.60. The molecule has 6 heteroatoms. The molecule has 1 aromatic rings. The minimum Gasteiger partial charge on any atom is -0.212 e. The van der Waals surface area contributed by atoms with E-state index in [0.29, 0.717) is 6.54 Å². The van der Waals surface area contributed by atoms with Gasteiger partial charge in [0.1, 0.15) is 0 Å². The van der Waals surface area contributed by atoms with Gasteiger partial charge in [0, 0.05) is 16.8 Å². The Bertz CT molecular complexity index is 472. The normalized spacial score (nSPS) is 22.5. The Labute approximate surface area is 108 Å². The van der Waals surface area contributed by atoms with Crippen molar-refractivity contribution in [2.24, 2.45) is 0 Å². The van der Waals surface area contributed by atoms with Gasteiger partial charge in [-0.1, -0.05) is 28.1 Å². The van der Waals surface area contributed by atoms with E-state index in [4.69, 9.17) is 0 Å². The summed E-state index contributed by atoms with van der Waals surface area (Å²) in [6, 6.07) is 7.81. The van der Waals surface area contributed by atoms with E-state index in [1.165, 1.54) is 6.26 Å². The fourth-order valence-corrected chi connectivity index (χ4v) is 4.75. The monoisotopic (exact) mass is 321 g/mol. The number of rotatable bonds is 2. The van der Waals surface area contributed by atoms with Crippen LogP contribution in [0.15, 0.2) is 28.7 Å². The van der Waals surface area contributed by atoms with E-state index in [1.807, 2.05) is 24.3 Å². The first-order chi connectivity index (χ1) is 7.48. The molecule has 0 spiro atoms. The van der Waals surface area contributed by atoms with Crippen LogP contribution in [0.25, 0.3) is 0 Å². The summed E-state index contributed by atoms with van der Waals surface area (Å²) in [6.45, 7) is 0.601. The number of halogens is 1. The van der Waals surface area contributed by atoms with Gasteiger partial charge in [-0.05, 0) is 17.7 Å². The molecule has 0 radical (unpaired) electrons. The van der Waals surface area contributed by atoms with Gasteiger partial charge in [0.05, 0.1) is 11.6 Å². The van der Waals surface area contributed by atoms with Crippen LogP contribution >= 0.6 is 27.7 Å². The fraction of sp³-hybridized carbons (Fsp3) is 0.400. The minimum absolute atomic E-state index is 0.0666. The number of sulfonamides is 1. The van der Waals surface area contributed by atoms with Gasteiger partial charge in [0.15, 0.2) is 0 Å². The van der Waals surface area contributed by atoms with E-state index in [-0.39, 0.29) is 5.37 Å². The Kier molecular flexibility index (Phi) is 3.63. The topological polar surface area (TPSA) is 37.4 Å². The van der Waals surface area contributed by atoms with Crippen LogP contribution in [0.1, 0.15) is 10.9 Å². The zero-order valence-electron chi connectivity index (χ0n) is 8.76. The van der Waals surface area contributed by atoms with Crippen molar-refractivity contribution in [3.8, 4) is 0 Å². The second kappa shape index (κ2) is 4.68. The van der Waals surface area contributed by atoms with Crippen LogP contribution in [0.4, 0.5) is 0 Å². The minimum atomic E-state index is -3.11. The third-order valence-electron chi connectivity index (χ3n) is 2.43. The van der Waals surface area contributed by atoms with Gasteiger partial charge in [-0.2, -0.15) is 4.31 Å². The lowest BCUT2D eigenvalue weighted by molar-refractivity contribution is 0.439. The van der Waals surface area contributed by atoms with E-state index in [9.17, 15) is 8.42 Å². The van der Waals surface area contributed by atoms with Gasteiger partial charge in [-0.15, -0.1) is 11.8 Å². The van der Waals surface area contributed by atoms with Crippen LogP contribution in [-0.4, -0.2) is 31.3 Å². The van der Waals surface area contributed by atoms with Crippen molar-refractivity contribution in [2.45, 2.75) is 5.37 Å². The number of hydrogen-bond donors (Lipinski definition) is 0. The van der Waals surface area contributed by atoms with Gasteiger partial charge >= 0.3 is 0 Å². The van der Waals surface area contributed by atoms with Gasteiger partial charge < -0.3 is 0 Å². The molecule has 0 unspecified atom stereocenters. The SMILES string of the molecule is CS(=O)(=O)N1CCS[C@@H]1c1ccc(Br)cc1. The molecule has 0 bridgehead atoms. The maximum Gasteiger partial charge on any atom is 0.212 e. The number of benzene rings is 1. The second-order valence-corrected chi connectivity index (χ2v) is 7.69. The molecule has 2 rings (SSSR count). The molecule has 16 heavy (non-hydrogen) atoms. The lowest BCUT2D eigenvalue weighted by Gasteiger charge is -2.21. The summed E-state index contributed by atoms with van der Waals surface area (Å²) in [5, 5.41) is -0.0666. The van der Waals surface area contributed by atoms with Gasteiger partial charge in [0.25, 0.3) is 0 Å². The van der Waals surface area contributed by atoms with E-state index >= 15 is 0 Å². The van der Waals surface area contributed by atoms with E-state index in [2.05, 4.69) is 15.9 Å². The van der Waals surface area contributed by atoms with E-state index < -0.39 is 10.0 Å². The average molecular weight is 322 g/mol. The number of nitrogens with zero attached hydrogens (tertiary/aromatic N) is 1. The summed E-state index contributed by atoms with van der Waals surface area (Å²) >= 11 is 5.04. The molecule has 1 aromatic carbocycles. The van der Waals surface area contributed by atoms with Crippen molar-refractivity contribution in [2.75, 3.05) is 18.6 Å². The van der Waals surface area contributed by atoms with Crippen LogP contribution in [0.2, 0.25) is 0 Å². The maximum atomic E-state index is 11.6. The highest BCUT2D eigenvalue weighted by Gasteiger charge is 2.32. The molecule has 0 aliphatic carbocycles. The van der Waals surface area contributed by atoms with E-state index in [0.717, 1.165) is 15.8 Å². The quantitative estimate of drug-likeness (QED) is 0.839. The summed E-state index contributed by atoms with van der Waals surface area (Å²) in [4.78, 5) is 0. The maximum absolute atomic E-state index is 11.6. The van der Waals surface area contributed by atoms with Gasteiger partial charge in [-0.3, -0.25) is 0 Å². The first kappa shape index (κ1) is 12.4. The smallest absolute Gasteiger partial charge is 0.212 e. The lowest BCUT2D eigenvalue weighted by atomic mass is 10.2. The van der Waals surface area contributed by atoms with Crippen molar-refractivity contribution >= 4 is 37.7 Å². The second-order valence-electron chi connectivity index (χ2n) is 3.65. The predicted molar refractivity (Wildman–Crippen MR) is 70.9 cm³/mol. The first-order valence-corrected chi connectivity index (χ1v) is 8.51. The largest absolute Gasteiger partial charge is 0.212 e. The molecule has 1 aliphatic rings. The highest BCUT2D eigenvalue weighted by Crippen LogP contribution is 2.39. The summed E-state index contributed by atoms with van der Waals surface area (Å²) in [7, 11) is -3.11. The fourth-order valence-electron chi connectivity index (χ4n) is 1.68. The zero-order chi connectivity index (χ0) is 11.8. The lowest BCUT2D eigenvalue weighted by Crippen LogP contribution is -2.29. The van der Waals surface area contributed by atoms with Crippen LogP contribution in [0.5, 0.6) is 0 Å². The summed E-state index contributed by atoms with van der Waals surface area (Å²) in [5.74, 6) is 0.855. The molecule has 1 saturated heterocycles. The number of hydrogen-bond acceptors (Lipinski definition) is 3. The summed E-state index contributed by atoms with van der Waals surface area (Å²) in [5.41, 5.74) is 1.04. The Morgan fingerprint density at radius 3 is 2.56 bits per heavy atom. The van der Waals surface area contributed by atoms with Crippen molar-refractivity contribution < 1.29 is 8.42 Å². The van der Waals surface area contributed by atoms with Crippen molar-refractivity contribution in [3.63, 3.8) is 0 Å². The Morgan fingerprint density at radius 1 is 1.38 bits per heavy atom. The van der Waals surface area contributed by atoms with Crippen molar-refractivity contribution in [1.29, 1.82) is 0 Å². The Morgan fingerprint density at radius 2 is 2.00 bits per heavy atom. The molecule has 1 atom stereocenters. The first-order valence-electron chi connectivity index (χ1n) is 4.82. The molecule has 0 saturated carbocycles. The Hall–Kier alpha value is -0.0400. The summed E-state index contributed by atoms with van der Waals surface area (Å²) in [6.07, 6.45) is 1.27. The van der Waals surface area contributed by atoms with Crippen molar-refractivity contribution in [3.05, 3.63) is 34.3 Å². The Balaban J connectivity index is 2.30. The number of thioether (sulfide) groups is 1. The zero-order valence-corrected chi connectivity index (χ0v) is 12.0. The van der Waals surface area contributed by atoms with Gasteiger partial charge in [0.2, 0.25) is 10.0 Å². The standard InChI is InChI=1S/C10H12BrNO2S2/c1-16(13,14)12-6-7-15-10(12)8-2-4-9(11)5-3-8/h2-5,10H,6-7H2,1H3/t10-/m1/s1. The summed E-state index contributed by atoms with van der Waals surface area (Å²) < 4.78 is 25.7. The molecule has 0 aromatic heterocycles. The van der Waals surface area contributed by atoms with Crippen LogP contribution in [0, 0.1) is 0 Å². The molecule has 0 amide bonds. The molecular weight excluding hydrogens is 310 g/mol. The van der Waals surface area contributed by atoms with Crippen LogP contribution in [-0.2, 0) is 10.0 Å². The highest BCUT2D eigenvalue weighted by atomic mass is 79.9. The molecular formula is C10H12BrNO2S2. The molecule has 1 fully saturated rings. The van der Waals surface area contributed by atoms with E-state index in [1.54, 1.807) is 16.1 Å². The van der Waals surface area contributed by atoms with Crippen LogP contribution < -0.4 is 0 Å². The molecule has 1 heterocycles. The van der Waals surface area contributed by atoms with Crippen LogP contribution in [0.3, 0.4) is 0 Å². The molecule has 3 nitrogen and oxygen atoms in total. The molecule has 88 valence electrons. The highest BCUT2D eigenvalue weighted by molar-refractivity contribution is 9.10. The molecule has 0 N–H and O–H groups in total. The molecule has 1 aliphatic heterocycles. The third kappa shape index (κ3) is 2.61. The average Bonchev–Trinajstić information content (AvgIpc) is 2.66. The van der Waals surface area contributed by atoms with Gasteiger partial charge in [-0.25, -0.2) is 8.42 Å². The predicted octanol–water partition coefficient (Wildman–Crippen LogP) is 2.46. The van der Waals surface area contributed by atoms with Crippen molar-refractivity contribution in [1.82, 2.24) is 4.31 Å².